The van der Waals surface area contributed by atoms with Gasteiger partial charge in [-0.15, -0.1) is 0 Å². The second-order valence-electron chi connectivity index (χ2n) is 5.42. The van der Waals surface area contributed by atoms with Gasteiger partial charge in [0, 0.05) is 12.6 Å². The molecule has 1 aromatic rings. The fourth-order valence-corrected chi connectivity index (χ4v) is 2.44. The number of hydrogen-bond donors (Lipinski definition) is 3. The maximum atomic E-state index is 12.1. The summed E-state index contributed by atoms with van der Waals surface area (Å²) in [6.45, 7) is 2.89. The molecule has 0 heterocycles. The Hall–Kier alpha value is -1.59. The van der Waals surface area contributed by atoms with Gasteiger partial charge >= 0.3 is 0 Å². The van der Waals surface area contributed by atoms with E-state index in [4.69, 9.17) is 10.8 Å². The molecule has 110 valence electrons. The molecule has 1 saturated carbocycles. The Balaban J connectivity index is 1.93. The van der Waals surface area contributed by atoms with Gasteiger partial charge in [-0.3, -0.25) is 9.69 Å². The van der Waals surface area contributed by atoms with Crippen molar-refractivity contribution in [3.05, 3.63) is 23.8 Å². The number of nitrogen functional groups attached to an aromatic ring is 1. The third-order valence-corrected chi connectivity index (χ3v) is 3.81. The number of aryl methyl sites for hydroxylation is 1. The maximum absolute atomic E-state index is 12.1. The van der Waals surface area contributed by atoms with Crippen molar-refractivity contribution in [1.29, 1.82) is 0 Å². The van der Waals surface area contributed by atoms with Crippen LogP contribution in [0.25, 0.3) is 0 Å². The summed E-state index contributed by atoms with van der Waals surface area (Å²) < 4.78 is 0. The number of benzene rings is 1. The van der Waals surface area contributed by atoms with Crippen LogP contribution in [0.3, 0.4) is 0 Å². The molecule has 5 heteroatoms. The van der Waals surface area contributed by atoms with Crippen LogP contribution in [0.5, 0.6) is 0 Å². The van der Waals surface area contributed by atoms with Gasteiger partial charge in [-0.25, -0.2) is 0 Å². The monoisotopic (exact) mass is 277 g/mol. The summed E-state index contributed by atoms with van der Waals surface area (Å²) >= 11 is 0. The quantitative estimate of drug-likeness (QED) is 0.686. The molecule has 4 N–H and O–H groups in total. The van der Waals surface area contributed by atoms with Crippen LogP contribution in [0.2, 0.25) is 0 Å². The number of aliphatic hydroxyl groups excluding tert-OH is 1. The van der Waals surface area contributed by atoms with Gasteiger partial charge in [0.15, 0.2) is 0 Å². The third kappa shape index (κ3) is 3.71. The van der Waals surface area contributed by atoms with Crippen molar-refractivity contribution < 1.29 is 9.90 Å². The first-order valence-electron chi connectivity index (χ1n) is 7.11. The number of carbonyl (C=O) groups is 1. The average molecular weight is 277 g/mol. The number of aliphatic hydroxyl groups is 1. The lowest BCUT2D eigenvalue weighted by Crippen LogP contribution is -2.45. The molecule has 0 bridgehead atoms. The van der Waals surface area contributed by atoms with E-state index in [0.717, 1.165) is 18.4 Å². The van der Waals surface area contributed by atoms with Gasteiger partial charge in [0.05, 0.1) is 24.5 Å². The fourth-order valence-electron chi connectivity index (χ4n) is 2.44. The zero-order valence-electron chi connectivity index (χ0n) is 11.9. The van der Waals surface area contributed by atoms with Gasteiger partial charge < -0.3 is 16.2 Å². The highest BCUT2D eigenvalue weighted by atomic mass is 16.3. The summed E-state index contributed by atoms with van der Waals surface area (Å²) in [6.07, 6.45) is 3.43. The van der Waals surface area contributed by atoms with Gasteiger partial charge in [0.1, 0.15) is 0 Å². The average Bonchev–Trinajstić information content (AvgIpc) is 2.31. The lowest BCUT2D eigenvalue weighted by atomic mass is 9.91. The van der Waals surface area contributed by atoms with E-state index in [1.165, 1.54) is 6.42 Å². The number of hydrogen-bond acceptors (Lipinski definition) is 4. The highest BCUT2D eigenvalue weighted by Gasteiger charge is 2.26. The number of anilines is 2. The van der Waals surface area contributed by atoms with Crippen molar-refractivity contribution in [3.8, 4) is 0 Å². The summed E-state index contributed by atoms with van der Waals surface area (Å²) in [7, 11) is 0. The second-order valence-corrected chi connectivity index (χ2v) is 5.42. The van der Waals surface area contributed by atoms with Crippen molar-refractivity contribution in [2.75, 3.05) is 30.7 Å². The van der Waals surface area contributed by atoms with E-state index in [0.29, 0.717) is 30.5 Å². The number of nitrogens with two attached hydrogens (primary N) is 1. The summed E-state index contributed by atoms with van der Waals surface area (Å²) in [4.78, 5) is 14.1. The van der Waals surface area contributed by atoms with E-state index in [9.17, 15) is 4.79 Å². The molecule has 20 heavy (non-hydrogen) atoms. The summed E-state index contributed by atoms with van der Waals surface area (Å²) in [5.41, 5.74) is 8.18. The van der Waals surface area contributed by atoms with Crippen LogP contribution >= 0.6 is 0 Å². The zero-order chi connectivity index (χ0) is 14.5. The molecule has 1 aliphatic rings. The largest absolute Gasteiger partial charge is 0.397 e. The first-order valence-corrected chi connectivity index (χ1v) is 7.11. The van der Waals surface area contributed by atoms with E-state index >= 15 is 0 Å². The Bertz CT molecular complexity index is 472. The number of carbonyl (C=O) groups excluding carboxylic acids is 1. The number of nitrogens with one attached hydrogen (secondary N) is 1. The Morgan fingerprint density at radius 2 is 2.25 bits per heavy atom. The van der Waals surface area contributed by atoms with Crippen molar-refractivity contribution >= 4 is 17.3 Å². The Kier molecular flexibility index (Phi) is 4.98. The molecule has 1 fully saturated rings. The maximum Gasteiger partial charge on any atom is 0.238 e. The van der Waals surface area contributed by atoms with E-state index in [2.05, 4.69) is 5.32 Å². The summed E-state index contributed by atoms with van der Waals surface area (Å²) in [5, 5.41) is 11.9. The molecule has 2 rings (SSSR count). The number of nitrogens with zero attached hydrogens (tertiary/aromatic N) is 1. The molecule has 1 aromatic carbocycles. The van der Waals surface area contributed by atoms with Crippen LogP contribution in [0.1, 0.15) is 24.8 Å². The topological polar surface area (TPSA) is 78.6 Å². The van der Waals surface area contributed by atoms with Crippen molar-refractivity contribution in [2.45, 2.75) is 32.2 Å². The fraction of sp³-hybridized carbons (Fsp3) is 0.533. The van der Waals surface area contributed by atoms with Gasteiger partial charge in [-0.1, -0.05) is 12.5 Å². The molecule has 1 amide bonds. The highest BCUT2D eigenvalue weighted by Crippen LogP contribution is 2.24. The molecule has 0 unspecified atom stereocenters. The second kappa shape index (κ2) is 6.72. The molecule has 1 aliphatic carbocycles. The van der Waals surface area contributed by atoms with E-state index in [1.54, 1.807) is 0 Å². The predicted octanol–water partition coefficient (Wildman–Crippen LogP) is 1.36. The van der Waals surface area contributed by atoms with Gasteiger partial charge in [0.2, 0.25) is 5.91 Å². The molecule has 0 aliphatic heterocycles. The summed E-state index contributed by atoms with van der Waals surface area (Å²) in [6, 6.07) is 6.02. The third-order valence-electron chi connectivity index (χ3n) is 3.81. The molecular weight excluding hydrogens is 254 g/mol. The predicted molar refractivity (Wildman–Crippen MR) is 80.5 cm³/mol. The minimum absolute atomic E-state index is 0.0798. The first kappa shape index (κ1) is 14.8. The Labute approximate surface area is 119 Å². The van der Waals surface area contributed by atoms with Gasteiger partial charge in [-0.05, 0) is 37.5 Å². The van der Waals surface area contributed by atoms with E-state index in [1.807, 2.05) is 30.0 Å². The normalized spacial score (nSPS) is 15.2. The zero-order valence-corrected chi connectivity index (χ0v) is 11.9. The Morgan fingerprint density at radius 3 is 2.80 bits per heavy atom. The minimum Gasteiger partial charge on any atom is -0.397 e. The SMILES string of the molecule is Cc1ccc(NC(=O)CN(CCO)C2CCC2)c(N)c1. The lowest BCUT2D eigenvalue weighted by molar-refractivity contribution is -0.118. The van der Waals surface area contributed by atoms with Crippen LogP contribution in [-0.4, -0.2) is 41.7 Å². The molecule has 5 nitrogen and oxygen atoms in total. The van der Waals surface area contributed by atoms with Crippen LogP contribution in [0.15, 0.2) is 18.2 Å². The van der Waals surface area contributed by atoms with Crippen LogP contribution in [-0.2, 0) is 4.79 Å². The molecule has 0 atom stereocenters. The number of amides is 1. The molecule has 0 saturated heterocycles. The smallest absolute Gasteiger partial charge is 0.238 e. The molecule has 0 aromatic heterocycles. The van der Waals surface area contributed by atoms with Crippen molar-refractivity contribution in [1.82, 2.24) is 4.90 Å². The van der Waals surface area contributed by atoms with Crippen LogP contribution < -0.4 is 11.1 Å². The molecule has 0 spiro atoms. The summed E-state index contributed by atoms with van der Waals surface area (Å²) in [5.74, 6) is -0.0825. The minimum atomic E-state index is -0.0825. The standard InChI is InChI=1S/C15H23N3O2/c1-11-5-6-14(13(16)9-11)17-15(20)10-18(7-8-19)12-3-2-4-12/h5-6,9,12,19H,2-4,7-8,10,16H2,1H3,(H,17,20). The van der Waals surface area contributed by atoms with Gasteiger partial charge in [-0.2, -0.15) is 0 Å². The van der Waals surface area contributed by atoms with Crippen molar-refractivity contribution in [3.63, 3.8) is 0 Å². The van der Waals surface area contributed by atoms with Gasteiger partial charge in [0.25, 0.3) is 0 Å². The van der Waals surface area contributed by atoms with E-state index < -0.39 is 0 Å². The lowest BCUT2D eigenvalue weighted by Gasteiger charge is -2.36. The van der Waals surface area contributed by atoms with Crippen molar-refractivity contribution in [2.24, 2.45) is 0 Å². The molecule has 0 radical (unpaired) electrons. The Morgan fingerprint density at radius 1 is 1.50 bits per heavy atom. The van der Waals surface area contributed by atoms with E-state index in [-0.39, 0.29) is 12.5 Å². The number of rotatable bonds is 6. The van der Waals surface area contributed by atoms with Crippen LogP contribution in [0.4, 0.5) is 11.4 Å². The highest BCUT2D eigenvalue weighted by molar-refractivity contribution is 5.95. The first-order chi connectivity index (χ1) is 9.60. The molecular formula is C15H23N3O2. The van der Waals surface area contributed by atoms with Crippen LogP contribution in [0, 0.1) is 6.92 Å².